The van der Waals surface area contributed by atoms with Gasteiger partial charge in [0.25, 0.3) is 0 Å². The summed E-state index contributed by atoms with van der Waals surface area (Å²) >= 11 is 0. The zero-order valence-electron chi connectivity index (χ0n) is 19.6. The van der Waals surface area contributed by atoms with Crippen LogP contribution in [0, 0.1) is 18.8 Å². The maximum Gasteiger partial charge on any atom is 0.412 e. The maximum atomic E-state index is 12.5. The highest BCUT2D eigenvalue weighted by Crippen LogP contribution is 2.23. The molecule has 1 unspecified atom stereocenters. The number of ether oxygens (including phenoxy) is 2. The number of esters is 1. The van der Waals surface area contributed by atoms with Crippen molar-refractivity contribution in [3.05, 3.63) is 94.9 Å². The lowest BCUT2D eigenvalue weighted by molar-refractivity contribution is -0.139. The van der Waals surface area contributed by atoms with Crippen molar-refractivity contribution in [2.24, 2.45) is 0 Å². The quantitative estimate of drug-likeness (QED) is 0.305. The van der Waals surface area contributed by atoms with Crippen LogP contribution in [-0.2, 0) is 20.7 Å². The summed E-state index contributed by atoms with van der Waals surface area (Å²) in [6, 6.07) is 21.0. The molecular weight excluding hydrogens is 444 g/mol. The van der Waals surface area contributed by atoms with E-state index in [1.54, 1.807) is 13.8 Å². The summed E-state index contributed by atoms with van der Waals surface area (Å²) in [5.74, 6) is 5.95. The molecule has 4 aromatic rings. The van der Waals surface area contributed by atoms with Crippen molar-refractivity contribution in [2.75, 3.05) is 12.4 Å². The van der Waals surface area contributed by atoms with Crippen molar-refractivity contribution in [3.63, 3.8) is 0 Å². The van der Waals surface area contributed by atoms with E-state index in [-0.39, 0.29) is 18.2 Å². The summed E-state index contributed by atoms with van der Waals surface area (Å²) in [5.41, 5.74) is 3.40. The molecule has 0 saturated heterocycles. The van der Waals surface area contributed by atoms with Gasteiger partial charge in [-0.25, -0.2) is 4.79 Å². The van der Waals surface area contributed by atoms with Crippen molar-refractivity contribution in [1.29, 1.82) is 0 Å². The minimum absolute atomic E-state index is 0.223. The normalized spacial score (nSPS) is 11.3. The predicted molar refractivity (Wildman–Crippen MR) is 132 cm³/mol. The summed E-state index contributed by atoms with van der Waals surface area (Å²) in [7, 11) is 1.37. The van der Waals surface area contributed by atoms with Crippen LogP contribution in [0.3, 0.4) is 0 Å². The number of carbonyl (C=O) groups excluding carboxylic acids is 2. The number of benzene rings is 3. The Morgan fingerprint density at radius 1 is 1.03 bits per heavy atom. The van der Waals surface area contributed by atoms with Gasteiger partial charge in [0.2, 0.25) is 5.76 Å². The standard InChI is InChI=1S/C28H24N2O5/c1-18-27(29-28(32)34-19(2)22-7-5-4-6-8-22)25(35-30-18)14-11-20-9-12-24-16-21(17-26(31)33-3)10-13-23(24)15-20/h4-10,12-13,15-16,19H,17H2,1-3H3,(H,29,32). The highest BCUT2D eigenvalue weighted by atomic mass is 16.6. The van der Waals surface area contributed by atoms with Crippen LogP contribution >= 0.6 is 0 Å². The van der Waals surface area contributed by atoms with Crippen LogP contribution in [0.1, 0.15) is 41.2 Å². The van der Waals surface area contributed by atoms with E-state index in [1.807, 2.05) is 66.7 Å². The lowest BCUT2D eigenvalue weighted by atomic mass is 10.0. The number of hydrogen-bond acceptors (Lipinski definition) is 6. The molecule has 0 radical (unpaired) electrons. The number of aromatic nitrogens is 1. The number of rotatable bonds is 5. The first-order chi connectivity index (χ1) is 16.9. The van der Waals surface area contributed by atoms with Crippen LogP contribution < -0.4 is 5.32 Å². The summed E-state index contributed by atoms with van der Waals surface area (Å²) in [6.45, 7) is 3.51. The first kappa shape index (κ1) is 23.6. The van der Waals surface area contributed by atoms with E-state index in [4.69, 9.17) is 14.0 Å². The van der Waals surface area contributed by atoms with Crippen LogP contribution in [0.4, 0.5) is 10.5 Å². The van der Waals surface area contributed by atoms with E-state index in [1.165, 1.54) is 7.11 Å². The van der Waals surface area contributed by atoms with Crippen molar-refractivity contribution in [3.8, 4) is 11.8 Å². The fourth-order valence-electron chi connectivity index (χ4n) is 3.54. The average Bonchev–Trinajstić information content (AvgIpc) is 3.21. The molecule has 0 fully saturated rings. The number of methoxy groups -OCH3 is 1. The molecule has 7 nitrogen and oxygen atoms in total. The topological polar surface area (TPSA) is 90.7 Å². The Kier molecular flexibility index (Phi) is 7.12. The first-order valence-electron chi connectivity index (χ1n) is 11.0. The monoisotopic (exact) mass is 468 g/mol. The molecule has 4 rings (SSSR count). The third kappa shape index (κ3) is 5.87. The fourth-order valence-corrected chi connectivity index (χ4v) is 3.54. The molecule has 35 heavy (non-hydrogen) atoms. The third-order valence-electron chi connectivity index (χ3n) is 5.44. The van der Waals surface area contributed by atoms with Gasteiger partial charge in [0.05, 0.1) is 13.5 Å². The average molecular weight is 469 g/mol. The number of nitrogens with zero attached hydrogens (tertiary/aromatic N) is 1. The second kappa shape index (κ2) is 10.6. The van der Waals surface area contributed by atoms with Gasteiger partial charge in [0, 0.05) is 5.56 Å². The molecule has 0 aliphatic rings. The highest BCUT2D eigenvalue weighted by Gasteiger charge is 2.17. The van der Waals surface area contributed by atoms with Gasteiger partial charge in [0.15, 0.2) is 0 Å². The zero-order chi connectivity index (χ0) is 24.8. The smallest absolute Gasteiger partial charge is 0.412 e. The van der Waals surface area contributed by atoms with Crippen LogP contribution in [0.5, 0.6) is 0 Å². The highest BCUT2D eigenvalue weighted by molar-refractivity contribution is 5.87. The van der Waals surface area contributed by atoms with Gasteiger partial charge < -0.3 is 14.0 Å². The zero-order valence-corrected chi connectivity index (χ0v) is 19.6. The largest absolute Gasteiger partial charge is 0.469 e. The van der Waals surface area contributed by atoms with E-state index in [2.05, 4.69) is 22.3 Å². The SMILES string of the molecule is COC(=O)Cc1ccc2cc(C#Cc3onc(C)c3NC(=O)OC(C)c3ccccc3)ccc2c1. The molecule has 1 aromatic heterocycles. The molecule has 7 heteroatoms. The number of fused-ring (bicyclic) bond motifs is 1. The second-order valence-electron chi connectivity index (χ2n) is 7.95. The minimum Gasteiger partial charge on any atom is -0.469 e. The number of amides is 1. The van der Waals surface area contributed by atoms with Gasteiger partial charge in [-0.2, -0.15) is 0 Å². The number of hydrogen-bond donors (Lipinski definition) is 1. The van der Waals surface area contributed by atoms with Gasteiger partial charge in [-0.15, -0.1) is 0 Å². The molecule has 0 aliphatic heterocycles. The lowest BCUT2D eigenvalue weighted by Crippen LogP contribution is -2.16. The number of carbonyl (C=O) groups is 2. The summed E-state index contributed by atoms with van der Waals surface area (Å²) in [6.07, 6.45) is -0.818. The van der Waals surface area contributed by atoms with E-state index in [9.17, 15) is 9.59 Å². The Morgan fingerprint density at radius 3 is 2.54 bits per heavy atom. The van der Waals surface area contributed by atoms with Crippen LogP contribution in [0.2, 0.25) is 0 Å². The second-order valence-corrected chi connectivity index (χ2v) is 7.95. The Balaban J connectivity index is 1.48. The van der Waals surface area contributed by atoms with Crippen LogP contribution in [-0.4, -0.2) is 24.3 Å². The minimum atomic E-state index is -0.621. The molecule has 1 N–H and O–H groups in total. The fraction of sp³-hybridized carbons (Fsp3) is 0.179. The van der Waals surface area contributed by atoms with E-state index in [0.29, 0.717) is 11.4 Å². The molecule has 176 valence electrons. The summed E-state index contributed by atoms with van der Waals surface area (Å²) in [5, 5.41) is 8.59. The molecule has 1 atom stereocenters. The Bertz CT molecular complexity index is 1430. The number of anilines is 1. The molecule has 3 aromatic carbocycles. The van der Waals surface area contributed by atoms with Gasteiger partial charge in [-0.1, -0.05) is 65.7 Å². The molecule has 0 saturated carbocycles. The molecular formula is C28H24N2O5. The van der Waals surface area contributed by atoms with Gasteiger partial charge in [-0.05, 0) is 53.8 Å². The molecule has 1 amide bonds. The van der Waals surface area contributed by atoms with Crippen LogP contribution in [0.15, 0.2) is 71.3 Å². The Hall–Kier alpha value is -4.57. The Morgan fingerprint density at radius 2 is 1.77 bits per heavy atom. The molecule has 0 aliphatic carbocycles. The third-order valence-corrected chi connectivity index (χ3v) is 5.44. The maximum absolute atomic E-state index is 12.5. The molecule has 1 heterocycles. The van der Waals surface area contributed by atoms with Crippen molar-refractivity contribution in [1.82, 2.24) is 5.16 Å². The van der Waals surface area contributed by atoms with Gasteiger partial charge >= 0.3 is 12.1 Å². The van der Waals surface area contributed by atoms with Crippen LogP contribution in [0.25, 0.3) is 10.8 Å². The number of nitrogens with one attached hydrogen (secondary N) is 1. The first-order valence-corrected chi connectivity index (χ1v) is 11.0. The molecule has 0 spiro atoms. The van der Waals surface area contributed by atoms with Crippen molar-refractivity contribution in [2.45, 2.75) is 26.4 Å². The van der Waals surface area contributed by atoms with Gasteiger partial charge in [0.1, 0.15) is 17.5 Å². The summed E-state index contributed by atoms with van der Waals surface area (Å²) in [4.78, 5) is 24.0. The Labute approximate surface area is 203 Å². The lowest BCUT2D eigenvalue weighted by Gasteiger charge is -2.13. The van der Waals surface area contributed by atoms with Crippen molar-refractivity contribution >= 4 is 28.5 Å². The van der Waals surface area contributed by atoms with Gasteiger partial charge in [-0.3, -0.25) is 10.1 Å². The van der Waals surface area contributed by atoms with E-state index < -0.39 is 12.2 Å². The number of aryl methyl sites for hydroxylation is 1. The molecule has 0 bridgehead atoms. The van der Waals surface area contributed by atoms with Crippen molar-refractivity contribution < 1.29 is 23.6 Å². The van der Waals surface area contributed by atoms with E-state index >= 15 is 0 Å². The summed E-state index contributed by atoms with van der Waals surface area (Å²) < 4.78 is 15.5. The van der Waals surface area contributed by atoms with E-state index in [0.717, 1.165) is 27.5 Å². The predicted octanol–water partition coefficient (Wildman–Crippen LogP) is 5.56.